The molecule has 0 radical (unpaired) electrons. The van der Waals surface area contributed by atoms with Gasteiger partial charge in [-0.15, -0.1) is 10.2 Å². The van der Waals surface area contributed by atoms with Crippen LogP contribution in [0.3, 0.4) is 0 Å². The minimum atomic E-state index is -1.06. The Hall–Kier alpha value is -3.94. The fraction of sp³-hybridized carbons (Fsp3) is 0.565. The van der Waals surface area contributed by atoms with E-state index in [9.17, 15) is 14.4 Å². The summed E-state index contributed by atoms with van der Waals surface area (Å²) < 4.78 is 15.9. The van der Waals surface area contributed by atoms with E-state index < -0.39 is 17.7 Å². The maximum atomic E-state index is 13.1. The third-order valence-electron chi connectivity index (χ3n) is 5.42. The van der Waals surface area contributed by atoms with Gasteiger partial charge in [-0.25, -0.2) is 4.79 Å². The second kappa shape index (κ2) is 11.9. The molecule has 202 valence electrons. The third-order valence-corrected chi connectivity index (χ3v) is 5.42. The van der Waals surface area contributed by atoms with Crippen molar-refractivity contribution in [1.29, 1.82) is 0 Å². The summed E-state index contributed by atoms with van der Waals surface area (Å²) in [5.74, 6) is -0.696. The molecule has 1 atom stereocenters. The summed E-state index contributed by atoms with van der Waals surface area (Å²) in [6.07, 6.45) is 0.417. The molecule has 37 heavy (non-hydrogen) atoms. The van der Waals surface area contributed by atoms with Gasteiger partial charge in [0.15, 0.2) is 17.3 Å². The quantitative estimate of drug-likeness (QED) is 0.355. The maximum Gasteiger partial charge on any atom is 0.407 e. The van der Waals surface area contributed by atoms with E-state index in [0.717, 1.165) is 6.42 Å². The number of nitrogens with one attached hydrogen (secondary N) is 3. The number of anilines is 1. The lowest BCUT2D eigenvalue weighted by Crippen LogP contribution is -2.33. The standard InChI is InChI=1S/C23H33N7O7/c1-23(2,3)37-22(34)24-8-6-13-10-15(21(33)30-9-7-14(12-30)35-4)28-29-17(13)18-26-19(20(27-18)36-5)25-11-16(31)32/h10,14,25H,6-9,11-12H2,1-5H3,(H,24,34)(H,26,27)(H,31,32). The molecule has 1 aliphatic rings. The van der Waals surface area contributed by atoms with E-state index in [1.165, 1.54) is 7.11 Å². The van der Waals surface area contributed by atoms with Gasteiger partial charge in [-0.1, -0.05) is 0 Å². The van der Waals surface area contributed by atoms with Crippen LogP contribution in [0.4, 0.5) is 10.6 Å². The van der Waals surface area contributed by atoms with Gasteiger partial charge < -0.3 is 39.8 Å². The van der Waals surface area contributed by atoms with Crippen LogP contribution in [-0.4, -0.2) is 100 Å². The van der Waals surface area contributed by atoms with Gasteiger partial charge in [0.1, 0.15) is 17.8 Å². The first-order chi connectivity index (χ1) is 17.5. The van der Waals surface area contributed by atoms with Crippen LogP contribution < -0.4 is 15.4 Å². The molecule has 0 spiro atoms. The molecule has 1 saturated heterocycles. The molecule has 14 heteroatoms. The highest BCUT2D eigenvalue weighted by molar-refractivity contribution is 5.93. The topological polar surface area (TPSA) is 181 Å². The van der Waals surface area contributed by atoms with Crippen LogP contribution in [0.15, 0.2) is 6.07 Å². The highest BCUT2D eigenvalue weighted by atomic mass is 16.6. The molecular weight excluding hydrogens is 486 g/mol. The molecule has 0 saturated carbocycles. The predicted octanol–water partition coefficient (Wildman–Crippen LogP) is 1.30. The molecule has 2 aromatic heterocycles. The summed E-state index contributed by atoms with van der Waals surface area (Å²) in [6, 6.07) is 1.61. The molecule has 0 aliphatic carbocycles. The van der Waals surface area contributed by atoms with Crippen LogP contribution in [0.5, 0.6) is 5.88 Å². The number of aromatic amines is 1. The normalized spacial score (nSPS) is 15.4. The second-order valence-corrected chi connectivity index (χ2v) is 9.40. The average Bonchev–Trinajstić information content (AvgIpc) is 3.48. The number of amides is 2. The van der Waals surface area contributed by atoms with Crippen LogP contribution in [0.2, 0.25) is 0 Å². The lowest BCUT2D eigenvalue weighted by Gasteiger charge is -2.20. The number of imidazole rings is 1. The van der Waals surface area contributed by atoms with Gasteiger partial charge in [0.25, 0.3) is 11.8 Å². The monoisotopic (exact) mass is 519 g/mol. The Balaban J connectivity index is 1.87. The Morgan fingerprint density at radius 3 is 2.62 bits per heavy atom. The number of nitrogens with zero attached hydrogens (tertiary/aromatic N) is 4. The number of carbonyl (C=O) groups is 3. The molecular formula is C23H33N7O7. The van der Waals surface area contributed by atoms with E-state index in [0.29, 0.717) is 24.3 Å². The molecule has 1 unspecified atom stereocenters. The van der Waals surface area contributed by atoms with E-state index in [-0.39, 0.29) is 54.7 Å². The minimum absolute atomic E-state index is 0.0269. The molecule has 3 heterocycles. The van der Waals surface area contributed by atoms with Crippen LogP contribution in [0, 0.1) is 0 Å². The summed E-state index contributed by atoms with van der Waals surface area (Å²) in [7, 11) is 3.01. The summed E-state index contributed by atoms with van der Waals surface area (Å²) in [6.45, 7) is 6.14. The summed E-state index contributed by atoms with van der Waals surface area (Å²) >= 11 is 0. The zero-order chi connectivity index (χ0) is 27.2. The number of methoxy groups -OCH3 is 2. The molecule has 2 amide bonds. The first kappa shape index (κ1) is 27.6. The van der Waals surface area contributed by atoms with Crippen molar-refractivity contribution in [3.8, 4) is 17.4 Å². The molecule has 3 rings (SSSR count). The number of aliphatic carboxylic acids is 1. The number of hydrogen-bond donors (Lipinski definition) is 4. The largest absolute Gasteiger partial charge is 0.480 e. The van der Waals surface area contributed by atoms with Crippen molar-refractivity contribution in [1.82, 2.24) is 30.4 Å². The number of carboxylic acid groups (broad SMARTS) is 1. The molecule has 0 bridgehead atoms. The van der Waals surface area contributed by atoms with Crippen molar-refractivity contribution in [3.05, 3.63) is 17.3 Å². The number of hydrogen-bond acceptors (Lipinski definition) is 10. The fourth-order valence-electron chi connectivity index (χ4n) is 3.71. The number of alkyl carbamates (subject to hydrolysis) is 1. The van der Waals surface area contributed by atoms with Crippen molar-refractivity contribution in [2.45, 2.75) is 45.3 Å². The lowest BCUT2D eigenvalue weighted by molar-refractivity contribution is -0.134. The molecule has 2 aromatic rings. The van der Waals surface area contributed by atoms with Gasteiger partial charge in [-0.2, -0.15) is 4.98 Å². The van der Waals surface area contributed by atoms with Gasteiger partial charge in [-0.05, 0) is 45.2 Å². The predicted molar refractivity (Wildman–Crippen MR) is 132 cm³/mol. The van der Waals surface area contributed by atoms with Crippen molar-refractivity contribution >= 4 is 23.8 Å². The van der Waals surface area contributed by atoms with Gasteiger partial charge in [-0.3, -0.25) is 9.59 Å². The Labute approximate surface area is 214 Å². The van der Waals surface area contributed by atoms with Crippen LogP contribution in [0.25, 0.3) is 11.5 Å². The number of aromatic nitrogens is 4. The van der Waals surface area contributed by atoms with Crippen LogP contribution in [-0.2, 0) is 20.7 Å². The fourth-order valence-corrected chi connectivity index (χ4v) is 3.71. The Bertz CT molecular complexity index is 1130. The van der Waals surface area contributed by atoms with Crippen LogP contribution in [0.1, 0.15) is 43.2 Å². The SMILES string of the molecule is COc1nc(-c2nnc(C(=O)N3CCC(OC)C3)cc2CCNC(=O)OC(C)(C)C)[nH]c1NCC(=O)O. The highest BCUT2D eigenvalue weighted by Crippen LogP contribution is 2.28. The number of likely N-dealkylation sites (tertiary alicyclic amines) is 1. The zero-order valence-electron chi connectivity index (χ0n) is 21.6. The van der Waals surface area contributed by atoms with Crippen molar-refractivity contribution in [2.24, 2.45) is 0 Å². The van der Waals surface area contributed by atoms with Crippen LogP contribution >= 0.6 is 0 Å². The number of H-pyrrole nitrogens is 1. The number of carboxylic acids is 1. The van der Waals surface area contributed by atoms with Crippen molar-refractivity contribution in [2.75, 3.05) is 45.7 Å². The van der Waals surface area contributed by atoms with E-state index in [1.54, 1.807) is 38.8 Å². The second-order valence-electron chi connectivity index (χ2n) is 9.40. The average molecular weight is 520 g/mol. The number of rotatable bonds is 10. The van der Waals surface area contributed by atoms with E-state index in [2.05, 4.69) is 30.8 Å². The van der Waals surface area contributed by atoms with Gasteiger partial charge in [0, 0.05) is 26.7 Å². The lowest BCUT2D eigenvalue weighted by atomic mass is 10.1. The van der Waals surface area contributed by atoms with Gasteiger partial charge in [0.05, 0.1) is 13.2 Å². The van der Waals surface area contributed by atoms with Gasteiger partial charge in [0.2, 0.25) is 0 Å². The first-order valence-corrected chi connectivity index (χ1v) is 11.8. The molecule has 0 aromatic carbocycles. The Morgan fingerprint density at radius 2 is 2.00 bits per heavy atom. The minimum Gasteiger partial charge on any atom is -0.480 e. The maximum absolute atomic E-state index is 13.1. The summed E-state index contributed by atoms with van der Waals surface area (Å²) in [5, 5.41) is 22.7. The first-order valence-electron chi connectivity index (χ1n) is 11.8. The zero-order valence-corrected chi connectivity index (χ0v) is 21.6. The molecule has 1 aliphatic heterocycles. The number of ether oxygens (including phenoxy) is 3. The molecule has 4 N–H and O–H groups in total. The summed E-state index contributed by atoms with van der Waals surface area (Å²) in [5.41, 5.74) is 0.404. The third kappa shape index (κ3) is 7.52. The molecule has 14 nitrogen and oxygen atoms in total. The van der Waals surface area contributed by atoms with E-state index in [4.69, 9.17) is 19.3 Å². The Morgan fingerprint density at radius 1 is 1.24 bits per heavy atom. The highest BCUT2D eigenvalue weighted by Gasteiger charge is 2.29. The number of carbonyl (C=O) groups excluding carboxylic acids is 2. The Kier molecular flexibility index (Phi) is 8.86. The van der Waals surface area contributed by atoms with E-state index in [1.807, 2.05) is 0 Å². The van der Waals surface area contributed by atoms with Crippen molar-refractivity contribution < 1.29 is 33.7 Å². The van der Waals surface area contributed by atoms with Gasteiger partial charge >= 0.3 is 12.1 Å². The summed E-state index contributed by atoms with van der Waals surface area (Å²) in [4.78, 5) is 45.1. The van der Waals surface area contributed by atoms with Crippen molar-refractivity contribution in [3.63, 3.8) is 0 Å². The molecule has 1 fully saturated rings. The smallest absolute Gasteiger partial charge is 0.407 e. The van der Waals surface area contributed by atoms with E-state index >= 15 is 0 Å².